The van der Waals surface area contributed by atoms with Crippen LogP contribution >= 0.6 is 7.82 Å². The number of benzene rings is 2. The molecule has 0 aliphatic heterocycles. The second-order valence-corrected chi connectivity index (χ2v) is 7.65. The molecule has 0 saturated heterocycles. The summed E-state index contributed by atoms with van der Waals surface area (Å²) in [5, 5.41) is 0. The minimum absolute atomic E-state index is 0.123. The van der Waals surface area contributed by atoms with E-state index >= 15 is 0 Å². The van der Waals surface area contributed by atoms with Gasteiger partial charge in [0.25, 0.3) is 0 Å². The highest BCUT2D eigenvalue weighted by Crippen LogP contribution is 2.50. The van der Waals surface area contributed by atoms with Gasteiger partial charge in [0.1, 0.15) is 0 Å². The van der Waals surface area contributed by atoms with Crippen molar-refractivity contribution in [2.45, 2.75) is 13.8 Å². The van der Waals surface area contributed by atoms with Crippen LogP contribution in [-0.2, 0) is 18.1 Å². The van der Waals surface area contributed by atoms with Gasteiger partial charge < -0.3 is 0 Å². The van der Waals surface area contributed by atoms with E-state index in [9.17, 15) is 14.2 Å². The normalized spacial score (nSPS) is 14.4. The molecule has 3 rings (SSSR count). The number of carbonyl (C=O) groups is 2. The summed E-state index contributed by atoms with van der Waals surface area (Å²) < 4.78 is 28.3. The Kier molecular flexibility index (Phi) is 6.37. The number of hydrogen-bond donors (Lipinski definition) is 0. The third-order valence-corrected chi connectivity index (χ3v) is 5.82. The van der Waals surface area contributed by atoms with E-state index in [0.717, 1.165) is 0 Å². The molecule has 0 heterocycles. The Morgan fingerprint density at radius 1 is 0.750 bits per heavy atom. The van der Waals surface area contributed by atoms with Crippen LogP contribution in [0.2, 0.25) is 0 Å². The van der Waals surface area contributed by atoms with Crippen LogP contribution in [0.15, 0.2) is 60.2 Å². The molecule has 7 heteroatoms. The van der Waals surface area contributed by atoms with Crippen molar-refractivity contribution in [3.63, 3.8) is 0 Å². The van der Waals surface area contributed by atoms with Crippen LogP contribution < -0.4 is 0 Å². The predicted octanol–water partition coefficient (Wildman–Crippen LogP) is 4.72. The van der Waals surface area contributed by atoms with E-state index in [-0.39, 0.29) is 42.5 Å². The van der Waals surface area contributed by atoms with Crippen LogP contribution in [0.5, 0.6) is 0 Å². The lowest BCUT2D eigenvalue weighted by molar-refractivity contribution is 0.0963. The quantitative estimate of drug-likeness (QED) is 0.597. The van der Waals surface area contributed by atoms with E-state index in [1.807, 2.05) is 6.07 Å². The first-order valence-corrected chi connectivity index (χ1v) is 10.5. The number of rotatable bonds is 8. The maximum atomic E-state index is 13.2. The number of phosphoric acid groups is 1. The topological polar surface area (TPSA) is 78.9 Å². The molecular formula is C21H21O6P. The van der Waals surface area contributed by atoms with Gasteiger partial charge in [-0.2, -0.15) is 0 Å². The van der Waals surface area contributed by atoms with Crippen LogP contribution in [0, 0.1) is 0 Å². The number of hydrogen-bond acceptors (Lipinski definition) is 6. The highest BCUT2D eigenvalue weighted by Gasteiger charge is 2.35. The van der Waals surface area contributed by atoms with Crippen LogP contribution in [0.25, 0.3) is 5.57 Å². The average Bonchev–Trinajstić information content (AvgIpc) is 2.70. The molecule has 6 nitrogen and oxygen atoms in total. The molecule has 146 valence electrons. The predicted molar refractivity (Wildman–Crippen MR) is 105 cm³/mol. The van der Waals surface area contributed by atoms with E-state index in [4.69, 9.17) is 13.6 Å². The molecule has 1 aliphatic carbocycles. The van der Waals surface area contributed by atoms with Crippen molar-refractivity contribution in [1.82, 2.24) is 0 Å². The molecule has 0 atom stereocenters. The zero-order chi connectivity index (χ0) is 20.1. The third kappa shape index (κ3) is 4.05. The molecule has 28 heavy (non-hydrogen) atoms. The lowest BCUT2D eigenvalue weighted by Crippen LogP contribution is -2.24. The highest BCUT2D eigenvalue weighted by molar-refractivity contribution is 7.48. The van der Waals surface area contributed by atoms with Gasteiger partial charge >= 0.3 is 7.82 Å². The van der Waals surface area contributed by atoms with E-state index < -0.39 is 7.82 Å². The molecule has 0 unspecified atom stereocenters. The maximum Gasteiger partial charge on any atom is 0.475 e. The Hall–Kier alpha value is -2.37. The molecule has 2 aromatic rings. The Morgan fingerprint density at radius 2 is 1.29 bits per heavy atom. The third-order valence-electron chi connectivity index (χ3n) is 4.22. The highest BCUT2D eigenvalue weighted by atomic mass is 31.2. The van der Waals surface area contributed by atoms with Crippen molar-refractivity contribution in [3.8, 4) is 0 Å². The molecule has 0 saturated carbocycles. The molecule has 1 aliphatic rings. The fraction of sp³-hybridized carbons (Fsp3) is 0.238. The molecule has 2 aromatic carbocycles. The number of phosphoric ester groups is 1. The fourth-order valence-electron chi connectivity index (χ4n) is 3.05. The summed E-state index contributed by atoms with van der Waals surface area (Å²) in [6.07, 6.45) is 0. The number of allylic oxidation sites excluding steroid dienone is 1. The van der Waals surface area contributed by atoms with Gasteiger partial charge in [0.05, 0.1) is 19.8 Å². The average molecular weight is 400 g/mol. The molecular weight excluding hydrogens is 379 g/mol. The lowest BCUT2D eigenvalue weighted by Gasteiger charge is -2.23. The second kappa shape index (κ2) is 8.76. The maximum absolute atomic E-state index is 13.2. The SMILES string of the molecule is CCOP(=O)(OCC)OCC1=C(c2ccccc2)C(=O)c2ccccc2C1=O. The Balaban J connectivity index is 2.06. The minimum atomic E-state index is -3.83. The molecule has 0 radical (unpaired) electrons. The minimum Gasteiger partial charge on any atom is -0.289 e. The monoisotopic (exact) mass is 400 g/mol. The Bertz CT molecular complexity index is 954. The van der Waals surface area contributed by atoms with Crippen molar-refractivity contribution in [3.05, 3.63) is 76.9 Å². The van der Waals surface area contributed by atoms with Crippen molar-refractivity contribution in [1.29, 1.82) is 0 Å². The summed E-state index contributed by atoms with van der Waals surface area (Å²) in [5.41, 5.74) is 1.61. The summed E-state index contributed by atoms with van der Waals surface area (Å²) in [4.78, 5) is 26.3. The van der Waals surface area contributed by atoms with E-state index in [2.05, 4.69) is 0 Å². The van der Waals surface area contributed by atoms with Gasteiger partial charge in [0.2, 0.25) is 0 Å². The second-order valence-electron chi connectivity index (χ2n) is 5.98. The van der Waals surface area contributed by atoms with Gasteiger partial charge in [0, 0.05) is 22.3 Å². The first-order chi connectivity index (χ1) is 13.5. The van der Waals surface area contributed by atoms with E-state index in [0.29, 0.717) is 16.7 Å². The molecule has 0 bridgehead atoms. The number of ketones is 2. The largest absolute Gasteiger partial charge is 0.475 e. The van der Waals surface area contributed by atoms with Crippen molar-refractivity contribution < 1.29 is 27.7 Å². The lowest BCUT2D eigenvalue weighted by atomic mass is 9.81. The van der Waals surface area contributed by atoms with Crippen LogP contribution in [-0.4, -0.2) is 31.4 Å². The molecule has 0 aromatic heterocycles. The summed E-state index contributed by atoms with van der Waals surface area (Å²) in [7, 11) is -3.83. The fourth-order valence-corrected chi connectivity index (χ4v) is 4.19. The number of fused-ring (bicyclic) bond motifs is 1. The Labute approximate surface area is 163 Å². The first kappa shape index (κ1) is 20.4. The summed E-state index contributed by atoms with van der Waals surface area (Å²) in [6, 6.07) is 15.5. The van der Waals surface area contributed by atoms with E-state index in [1.54, 1.807) is 62.4 Å². The molecule has 0 fully saturated rings. The first-order valence-electron chi connectivity index (χ1n) is 9.01. The van der Waals surface area contributed by atoms with Gasteiger partial charge in [-0.3, -0.25) is 23.2 Å². The van der Waals surface area contributed by atoms with Gasteiger partial charge in [0.15, 0.2) is 11.6 Å². The van der Waals surface area contributed by atoms with Crippen LogP contribution in [0.3, 0.4) is 0 Å². The van der Waals surface area contributed by atoms with Crippen LogP contribution in [0.4, 0.5) is 0 Å². The van der Waals surface area contributed by atoms with Gasteiger partial charge in [-0.1, -0.05) is 54.6 Å². The number of carbonyl (C=O) groups excluding carboxylic acids is 2. The van der Waals surface area contributed by atoms with Gasteiger partial charge in [-0.05, 0) is 19.4 Å². The summed E-state index contributed by atoms with van der Waals surface area (Å²) in [6.45, 7) is 3.21. The smallest absolute Gasteiger partial charge is 0.289 e. The summed E-state index contributed by atoms with van der Waals surface area (Å²) in [5.74, 6) is -0.615. The Morgan fingerprint density at radius 3 is 1.86 bits per heavy atom. The zero-order valence-electron chi connectivity index (χ0n) is 15.7. The van der Waals surface area contributed by atoms with E-state index in [1.165, 1.54) is 0 Å². The van der Waals surface area contributed by atoms with Crippen LogP contribution in [0.1, 0.15) is 40.1 Å². The summed E-state index contributed by atoms with van der Waals surface area (Å²) >= 11 is 0. The standard InChI is InChI=1S/C21H21O6P/c1-3-25-28(24,26-4-2)27-14-18-19(15-10-6-5-7-11-15)21(23)17-13-9-8-12-16(17)20(18)22/h5-13H,3-4,14H2,1-2H3. The number of Topliss-reactive ketones (excluding diaryl/α,β-unsaturated/α-hetero) is 2. The van der Waals surface area contributed by atoms with Crippen molar-refractivity contribution in [2.24, 2.45) is 0 Å². The van der Waals surface area contributed by atoms with Gasteiger partial charge in [-0.25, -0.2) is 4.57 Å². The zero-order valence-corrected chi connectivity index (χ0v) is 16.6. The van der Waals surface area contributed by atoms with Crippen molar-refractivity contribution >= 4 is 25.0 Å². The molecule has 0 amide bonds. The molecule has 0 N–H and O–H groups in total. The molecule has 0 spiro atoms. The van der Waals surface area contributed by atoms with Crippen molar-refractivity contribution in [2.75, 3.05) is 19.8 Å². The van der Waals surface area contributed by atoms with Gasteiger partial charge in [-0.15, -0.1) is 0 Å².